The van der Waals surface area contributed by atoms with E-state index in [2.05, 4.69) is 22.0 Å². The van der Waals surface area contributed by atoms with Gasteiger partial charge < -0.3 is 10.0 Å². The molecule has 1 atom stereocenters. The molecule has 6 heteroatoms. The minimum Gasteiger partial charge on any atom is -0.478 e. The van der Waals surface area contributed by atoms with E-state index in [-0.39, 0.29) is 17.4 Å². The van der Waals surface area contributed by atoms with Crippen LogP contribution in [0.15, 0.2) is 73.1 Å². The summed E-state index contributed by atoms with van der Waals surface area (Å²) in [6.45, 7) is 5.56. The van der Waals surface area contributed by atoms with Crippen molar-refractivity contribution in [3.05, 3.63) is 89.7 Å². The molecule has 1 fully saturated rings. The van der Waals surface area contributed by atoms with Gasteiger partial charge >= 0.3 is 5.97 Å². The second-order valence-corrected chi connectivity index (χ2v) is 8.45. The van der Waals surface area contributed by atoms with E-state index in [1.165, 1.54) is 0 Å². The Morgan fingerprint density at radius 2 is 1.85 bits per heavy atom. The second-order valence-electron chi connectivity index (χ2n) is 8.45. The topological polar surface area (TPSA) is 73.7 Å². The molecule has 6 nitrogen and oxygen atoms in total. The molecule has 0 bridgehead atoms. The Balaban J connectivity index is 1.56. The quantitative estimate of drug-likeness (QED) is 0.598. The lowest BCUT2D eigenvalue weighted by Gasteiger charge is -2.24. The van der Waals surface area contributed by atoms with Crippen molar-refractivity contribution >= 4 is 11.9 Å². The van der Waals surface area contributed by atoms with Crippen molar-refractivity contribution in [1.29, 1.82) is 0 Å². The normalized spacial score (nSPS) is 17.1. The Morgan fingerprint density at radius 3 is 2.55 bits per heavy atom. The Bertz CT molecular complexity index is 1100. The molecule has 4 rings (SSSR count). The van der Waals surface area contributed by atoms with Crippen molar-refractivity contribution < 1.29 is 14.7 Å². The number of nitrogens with zero attached hydrogens (tertiary/aromatic N) is 3. The first kappa shape index (κ1) is 22.7. The largest absolute Gasteiger partial charge is 0.478 e. The van der Waals surface area contributed by atoms with Crippen LogP contribution in [0.5, 0.6) is 0 Å². The molecule has 2 heterocycles. The van der Waals surface area contributed by atoms with Crippen LogP contribution in [0.25, 0.3) is 11.1 Å². The van der Waals surface area contributed by atoms with Crippen LogP contribution in [0.4, 0.5) is 0 Å². The molecule has 0 radical (unpaired) electrons. The summed E-state index contributed by atoms with van der Waals surface area (Å²) in [4.78, 5) is 33.0. The van der Waals surface area contributed by atoms with Gasteiger partial charge in [0, 0.05) is 50.7 Å². The number of carboxylic acid groups (broad SMARTS) is 1. The SMILES string of the molecule is CCN1CCN(Cc2ccc(C(=O)O)cc2)C[C@@H](Cc2ccccc2-c2cccnc2)C1=O. The van der Waals surface area contributed by atoms with Crippen molar-refractivity contribution in [3.63, 3.8) is 0 Å². The van der Waals surface area contributed by atoms with Crippen LogP contribution in [-0.2, 0) is 17.8 Å². The molecular formula is C27H29N3O3. The van der Waals surface area contributed by atoms with Gasteiger partial charge in [0.05, 0.1) is 11.5 Å². The predicted octanol–water partition coefficient (Wildman–Crippen LogP) is 3.97. The third kappa shape index (κ3) is 5.46. The maximum absolute atomic E-state index is 13.4. The molecule has 1 aliphatic heterocycles. The summed E-state index contributed by atoms with van der Waals surface area (Å²) < 4.78 is 0. The molecular weight excluding hydrogens is 414 g/mol. The summed E-state index contributed by atoms with van der Waals surface area (Å²) in [7, 11) is 0. The molecule has 1 aliphatic rings. The zero-order chi connectivity index (χ0) is 23.2. The number of amides is 1. The van der Waals surface area contributed by atoms with Crippen LogP contribution in [0.1, 0.15) is 28.4 Å². The molecule has 33 heavy (non-hydrogen) atoms. The number of pyridine rings is 1. The van der Waals surface area contributed by atoms with Gasteiger partial charge in [0.2, 0.25) is 5.91 Å². The summed E-state index contributed by atoms with van der Waals surface area (Å²) in [5, 5.41) is 9.14. The highest BCUT2D eigenvalue weighted by Gasteiger charge is 2.30. The number of carbonyl (C=O) groups excluding carboxylic acids is 1. The number of aromatic nitrogens is 1. The molecule has 0 aliphatic carbocycles. The lowest BCUT2D eigenvalue weighted by molar-refractivity contribution is -0.134. The molecule has 0 saturated carbocycles. The number of hydrogen-bond acceptors (Lipinski definition) is 4. The van der Waals surface area contributed by atoms with Gasteiger partial charge in [0.25, 0.3) is 0 Å². The van der Waals surface area contributed by atoms with E-state index in [4.69, 9.17) is 5.11 Å². The third-order valence-electron chi connectivity index (χ3n) is 6.27. The fraction of sp³-hybridized carbons (Fsp3) is 0.296. The molecule has 0 unspecified atom stereocenters. The Kier molecular flexibility index (Phi) is 7.15. The van der Waals surface area contributed by atoms with E-state index in [9.17, 15) is 9.59 Å². The van der Waals surface area contributed by atoms with Crippen molar-refractivity contribution in [2.75, 3.05) is 26.2 Å². The third-order valence-corrected chi connectivity index (χ3v) is 6.27. The number of aromatic carboxylic acids is 1. The summed E-state index contributed by atoms with van der Waals surface area (Å²) in [5.41, 5.74) is 4.64. The molecule has 2 aromatic carbocycles. The number of benzene rings is 2. The zero-order valence-electron chi connectivity index (χ0n) is 18.9. The molecule has 1 saturated heterocycles. The van der Waals surface area contributed by atoms with E-state index in [0.717, 1.165) is 28.8 Å². The van der Waals surface area contributed by atoms with Gasteiger partial charge in [0.15, 0.2) is 0 Å². The van der Waals surface area contributed by atoms with Crippen LogP contribution < -0.4 is 0 Å². The van der Waals surface area contributed by atoms with E-state index in [1.54, 1.807) is 18.3 Å². The van der Waals surface area contributed by atoms with E-state index in [0.29, 0.717) is 32.6 Å². The van der Waals surface area contributed by atoms with Crippen molar-refractivity contribution in [2.24, 2.45) is 5.92 Å². The lowest BCUT2D eigenvalue weighted by Crippen LogP contribution is -2.37. The van der Waals surface area contributed by atoms with Crippen molar-refractivity contribution in [2.45, 2.75) is 19.9 Å². The first-order valence-electron chi connectivity index (χ1n) is 11.4. The van der Waals surface area contributed by atoms with E-state index >= 15 is 0 Å². The van der Waals surface area contributed by atoms with Crippen LogP contribution in [-0.4, -0.2) is 57.9 Å². The fourth-order valence-corrected chi connectivity index (χ4v) is 4.50. The summed E-state index contributed by atoms with van der Waals surface area (Å²) >= 11 is 0. The Hall–Kier alpha value is -3.51. The van der Waals surface area contributed by atoms with Gasteiger partial charge in [-0.25, -0.2) is 4.79 Å². The van der Waals surface area contributed by atoms with Crippen LogP contribution in [0.3, 0.4) is 0 Å². The number of carbonyl (C=O) groups is 2. The minimum atomic E-state index is -0.923. The molecule has 0 spiro atoms. The Labute approximate surface area is 194 Å². The molecule has 3 aromatic rings. The second kappa shape index (κ2) is 10.4. The summed E-state index contributed by atoms with van der Waals surface area (Å²) in [6.07, 6.45) is 4.29. The fourth-order valence-electron chi connectivity index (χ4n) is 4.50. The highest BCUT2D eigenvalue weighted by molar-refractivity contribution is 5.87. The van der Waals surface area contributed by atoms with Gasteiger partial charge in [-0.05, 0) is 48.2 Å². The summed E-state index contributed by atoms with van der Waals surface area (Å²) in [6, 6.07) is 19.2. The van der Waals surface area contributed by atoms with Crippen LogP contribution in [0, 0.1) is 5.92 Å². The van der Waals surface area contributed by atoms with Gasteiger partial charge in [-0.2, -0.15) is 0 Å². The lowest BCUT2D eigenvalue weighted by atomic mass is 9.91. The predicted molar refractivity (Wildman–Crippen MR) is 128 cm³/mol. The van der Waals surface area contributed by atoms with Gasteiger partial charge in [-0.3, -0.25) is 14.7 Å². The molecule has 1 aromatic heterocycles. The number of likely N-dealkylation sites (N-methyl/N-ethyl adjacent to an activating group) is 1. The standard InChI is InChI=1S/C27H29N3O3/c1-2-30-15-14-29(18-20-9-11-21(12-10-20)27(32)33)19-24(26(30)31)16-22-6-3-4-8-25(22)23-7-5-13-28-17-23/h3-13,17,24H,2,14-16,18-19H2,1H3,(H,32,33)/t24-/m1/s1. The molecule has 1 amide bonds. The average molecular weight is 444 g/mol. The number of rotatable bonds is 7. The molecule has 170 valence electrons. The molecule has 1 N–H and O–H groups in total. The monoisotopic (exact) mass is 443 g/mol. The van der Waals surface area contributed by atoms with Gasteiger partial charge in [-0.15, -0.1) is 0 Å². The van der Waals surface area contributed by atoms with Gasteiger partial charge in [0.1, 0.15) is 0 Å². The van der Waals surface area contributed by atoms with Gasteiger partial charge in [-0.1, -0.05) is 42.5 Å². The zero-order valence-corrected chi connectivity index (χ0v) is 18.9. The number of hydrogen-bond donors (Lipinski definition) is 1. The van der Waals surface area contributed by atoms with Crippen molar-refractivity contribution in [1.82, 2.24) is 14.8 Å². The van der Waals surface area contributed by atoms with Crippen molar-refractivity contribution in [3.8, 4) is 11.1 Å². The summed E-state index contributed by atoms with van der Waals surface area (Å²) in [5.74, 6) is -0.876. The Morgan fingerprint density at radius 1 is 1.06 bits per heavy atom. The average Bonchev–Trinajstić information content (AvgIpc) is 2.98. The first-order chi connectivity index (χ1) is 16.0. The minimum absolute atomic E-state index is 0.149. The smallest absolute Gasteiger partial charge is 0.335 e. The van der Waals surface area contributed by atoms with Crippen LogP contribution in [0.2, 0.25) is 0 Å². The maximum Gasteiger partial charge on any atom is 0.335 e. The number of carboxylic acids is 1. The van der Waals surface area contributed by atoms with E-state index in [1.807, 2.05) is 54.4 Å². The van der Waals surface area contributed by atoms with E-state index < -0.39 is 5.97 Å². The highest BCUT2D eigenvalue weighted by Crippen LogP contribution is 2.27. The highest BCUT2D eigenvalue weighted by atomic mass is 16.4. The van der Waals surface area contributed by atoms with Crippen LogP contribution >= 0.6 is 0 Å². The first-order valence-corrected chi connectivity index (χ1v) is 11.4. The maximum atomic E-state index is 13.4.